The van der Waals surface area contributed by atoms with Crippen LogP contribution in [-0.4, -0.2) is 5.60 Å². The van der Waals surface area contributed by atoms with Crippen LogP contribution in [0, 0.1) is 13.3 Å². The maximum Gasteiger partial charge on any atom is 0.120 e. The number of ether oxygens (including phenoxy) is 1. The maximum absolute atomic E-state index is 5.76. The van der Waals surface area contributed by atoms with Crippen molar-refractivity contribution >= 4 is 0 Å². The molecule has 0 fully saturated rings. The lowest BCUT2D eigenvalue weighted by molar-refractivity contribution is 0.131. The van der Waals surface area contributed by atoms with E-state index in [0.29, 0.717) is 0 Å². The highest BCUT2D eigenvalue weighted by atomic mass is 16.5. The lowest BCUT2D eigenvalue weighted by atomic mass is 10.1. The van der Waals surface area contributed by atoms with Crippen molar-refractivity contribution < 1.29 is 4.74 Å². The summed E-state index contributed by atoms with van der Waals surface area (Å²) in [6, 6.07) is 8.26. The third kappa shape index (κ3) is 5.20. The molecule has 0 N–H and O–H groups in total. The Labute approximate surface area is 99.8 Å². The molecule has 88 valence electrons. The van der Waals surface area contributed by atoms with Crippen LogP contribution < -0.4 is 4.74 Å². The molecule has 0 saturated carbocycles. The van der Waals surface area contributed by atoms with E-state index >= 15 is 0 Å². The van der Waals surface area contributed by atoms with Crippen LogP contribution in [0.25, 0.3) is 0 Å². The van der Waals surface area contributed by atoms with E-state index < -0.39 is 0 Å². The summed E-state index contributed by atoms with van der Waals surface area (Å²) in [7, 11) is 0. The molecule has 0 spiro atoms. The van der Waals surface area contributed by atoms with E-state index in [1.54, 1.807) is 0 Å². The zero-order valence-corrected chi connectivity index (χ0v) is 10.6. The highest BCUT2D eigenvalue weighted by Gasteiger charge is 2.11. The Hall–Kier alpha value is -0.980. The topological polar surface area (TPSA) is 9.23 Å². The molecule has 0 atom stereocenters. The van der Waals surface area contributed by atoms with Gasteiger partial charge in [-0.25, -0.2) is 0 Å². The fraction of sp³-hybridized carbons (Fsp3) is 0.467. The monoisotopic (exact) mass is 218 g/mol. The standard InChI is InChI=1S/C15H22O/c1-5-6-7-8-13-9-11-14(12-10-13)16-15(2,3)4/h8-12H,1,5-7H2,2-4H3. The van der Waals surface area contributed by atoms with Crippen LogP contribution in [-0.2, 0) is 0 Å². The van der Waals surface area contributed by atoms with E-state index in [1.165, 1.54) is 5.56 Å². The van der Waals surface area contributed by atoms with Gasteiger partial charge in [-0.1, -0.05) is 31.9 Å². The molecule has 0 heterocycles. The lowest BCUT2D eigenvalue weighted by Crippen LogP contribution is -2.22. The predicted molar refractivity (Wildman–Crippen MR) is 69.4 cm³/mol. The molecule has 0 aliphatic carbocycles. The Morgan fingerprint density at radius 2 is 1.81 bits per heavy atom. The van der Waals surface area contributed by atoms with Gasteiger partial charge in [-0.15, -0.1) is 0 Å². The third-order valence-corrected chi connectivity index (χ3v) is 2.14. The molecule has 1 aromatic carbocycles. The zero-order valence-electron chi connectivity index (χ0n) is 10.6. The molecule has 2 radical (unpaired) electrons. The summed E-state index contributed by atoms with van der Waals surface area (Å²) in [4.78, 5) is 0. The molecule has 1 aromatic rings. The fourth-order valence-electron chi connectivity index (χ4n) is 1.44. The van der Waals surface area contributed by atoms with Gasteiger partial charge in [0.15, 0.2) is 0 Å². The maximum atomic E-state index is 5.76. The van der Waals surface area contributed by atoms with Crippen molar-refractivity contribution in [2.24, 2.45) is 0 Å². The summed E-state index contributed by atoms with van der Waals surface area (Å²) in [5.41, 5.74) is 1.13. The zero-order chi connectivity index (χ0) is 12.0. The molecule has 0 aromatic heterocycles. The molecular formula is C15H22O. The largest absolute Gasteiger partial charge is 0.488 e. The van der Waals surface area contributed by atoms with E-state index in [9.17, 15) is 0 Å². The average molecular weight is 218 g/mol. The van der Waals surface area contributed by atoms with Gasteiger partial charge in [-0.3, -0.25) is 0 Å². The Balaban J connectivity index is 2.48. The molecule has 16 heavy (non-hydrogen) atoms. The van der Waals surface area contributed by atoms with Gasteiger partial charge >= 0.3 is 0 Å². The van der Waals surface area contributed by atoms with Crippen LogP contribution >= 0.6 is 0 Å². The van der Waals surface area contributed by atoms with Gasteiger partial charge in [0.25, 0.3) is 0 Å². The van der Waals surface area contributed by atoms with E-state index in [0.717, 1.165) is 25.0 Å². The van der Waals surface area contributed by atoms with Crippen LogP contribution in [0.15, 0.2) is 24.3 Å². The summed E-state index contributed by atoms with van der Waals surface area (Å²) in [5, 5.41) is 0. The molecule has 0 aliphatic heterocycles. The van der Waals surface area contributed by atoms with Gasteiger partial charge in [0, 0.05) is 0 Å². The van der Waals surface area contributed by atoms with Gasteiger partial charge in [0.05, 0.1) is 0 Å². The molecule has 1 heteroatoms. The molecule has 0 bridgehead atoms. The van der Waals surface area contributed by atoms with Crippen LogP contribution in [0.2, 0.25) is 0 Å². The van der Waals surface area contributed by atoms with E-state index in [2.05, 4.69) is 46.2 Å². The molecule has 0 saturated heterocycles. The van der Waals surface area contributed by atoms with Crippen molar-refractivity contribution in [3.8, 4) is 5.75 Å². The fourth-order valence-corrected chi connectivity index (χ4v) is 1.44. The minimum Gasteiger partial charge on any atom is -0.488 e. The summed E-state index contributed by atoms with van der Waals surface area (Å²) >= 11 is 0. The van der Waals surface area contributed by atoms with E-state index in [-0.39, 0.29) is 5.60 Å². The van der Waals surface area contributed by atoms with Crippen molar-refractivity contribution in [1.29, 1.82) is 0 Å². The van der Waals surface area contributed by atoms with Crippen LogP contribution in [0.3, 0.4) is 0 Å². The number of hydrogen-bond donors (Lipinski definition) is 0. The van der Waals surface area contributed by atoms with Gasteiger partial charge in [0.2, 0.25) is 0 Å². The minimum atomic E-state index is -0.126. The summed E-state index contributed by atoms with van der Waals surface area (Å²) in [6.07, 6.45) is 5.50. The van der Waals surface area contributed by atoms with Crippen LogP contribution in [0.4, 0.5) is 0 Å². The lowest BCUT2D eigenvalue weighted by Gasteiger charge is -2.21. The van der Waals surface area contributed by atoms with Crippen LogP contribution in [0.5, 0.6) is 5.75 Å². The first-order valence-corrected chi connectivity index (χ1v) is 5.93. The number of unbranched alkanes of at least 4 members (excludes halogenated alkanes) is 2. The Morgan fingerprint density at radius 1 is 1.19 bits per heavy atom. The second-order valence-corrected chi connectivity index (χ2v) is 4.98. The summed E-state index contributed by atoms with van der Waals surface area (Å²) in [6.45, 7) is 10.0. The minimum absolute atomic E-state index is 0.126. The molecule has 1 rings (SSSR count). The van der Waals surface area contributed by atoms with E-state index in [1.807, 2.05) is 12.1 Å². The van der Waals surface area contributed by atoms with Gasteiger partial charge < -0.3 is 4.74 Å². The molecule has 0 amide bonds. The van der Waals surface area contributed by atoms with Crippen molar-refractivity contribution in [2.45, 2.75) is 45.6 Å². The Morgan fingerprint density at radius 3 is 2.31 bits per heavy atom. The summed E-state index contributed by atoms with van der Waals surface area (Å²) < 4.78 is 5.76. The summed E-state index contributed by atoms with van der Waals surface area (Å²) in [5.74, 6) is 0.932. The first-order valence-electron chi connectivity index (χ1n) is 5.93. The van der Waals surface area contributed by atoms with Gasteiger partial charge in [-0.05, 0) is 51.3 Å². The molecular weight excluding hydrogens is 196 g/mol. The second kappa shape index (κ2) is 5.93. The van der Waals surface area contributed by atoms with Crippen molar-refractivity contribution in [3.05, 3.63) is 43.2 Å². The first kappa shape index (κ1) is 13.1. The van der Waals surface area contributed by atoms with Crippen molar-refractivity contribution in [1.82, 2.24) is 0 Å². The molecule has 0 aliphatic rings. The van der Waals surface area contributed by atoms with Crippen molar-refractivity contribution in [2.75, 3.05) is 0 Å². The predicted octanol–water partition coefficient (Wildman–Crippen LogP) is 4.42. The van der Waals surface area contributed by atoms with Gasteiger partial charge in [-0.2, -0.15) is 0 Å². The second-order valence-electron chi connectivity index (χ2n) is 4.98. The number of benzene rings is 1. The number of rotatable bonds is 5. The Kier molecular flexibility index (Phi) is 4.85. The smallest absolute Gasteiger partial charge is 0.120 e. The highest BCUT2D eigenvalue weighted by molar-refractivity contribution is 5.31. The average Bonchev–Trinajstić information content (AvgIpc) is 2.19. The Bertz CT molecular complexity index is 292. The molecule has 0 unspecified atom stereocenters. The number of hydrogen-bond acceptors (Lipinski definition) is 1. The highest BCUT2D eigenvalue weighted by Crippen LogP contribution is 2.19. The van der Waals surface area contributed by atoms with Crippen LogP contribution in [0.1, 0.15) is 45.6 Å². The van der Waals surface area contributed by atoms with E-state index in [4.69, 9.17) is 4.74 Å². The van der Waals surface area contributed by atoms with Gasteiger partial charge in [0.1, 0.15) is 11.4 Å². The normalized spacial score (nSPS) is 11.5. The quantitative estimate of drug-likeness (QED) is 0.665. The first-order chi connectivity index (χ1) is 7.51. The SMILES string of the molecule is [CH2]CCC[CH]c1ccc(OC(C)(C)C)cc1. The molecule has 1 nitrogen and oxygen atoms in total. The third-order valence-electron chi connectivity index (χ3n) is 2.14. The van der Waals surface area contributed by atoms with Crippen molar-refractivity contribution in [3.63, 3.8) is 0 Å².